The summed E-state index contributed by atoms with van der Waals surface area (Å²) in [5.74, 6) is 2.21. The number of rotatable bonds is 2. The van der Waals surface area contributed by atoms with E-state index in [1.807, 2.05) is 36.4 Å². The van der Waals surface area contributed by atoms with Crippen LogP contribution in [0.5, 0.6) is 0 Å². The zero-order valence-electron chi connectivity index (χ0n) is 13.2. The van der Waals surface area contributed by atoms with Crippen LogP contribution in [-0.4, -0.2) is 10.5 Å². The predicted molar refractivity (Wildman–Crippen MR) is 110 cm³/mol. The van der Waals surface area contributed by atoms with E-state index in [1.54, 1.807) is 10.6 Å². The molecular formula is C19H10Cl2N2OS2. The van der Waals surface area contributed by atoms with Gasteiger partial charge in [0, 0.05) is 10.1 Å². The third kappa shape index (κ3) is 2.85. The number of para-hydroxylation sites is 1. The van der Waals surface area contributed by atoms with Crippen LogP contribution in [0.15, 0.2) is 47.5 Å². The molecule has 4 aromatic rings. The molecule has 2 heterocycles. The van der Waals surface area contributed by atoms with Gasteiger partial charge in [-0.3, -0.25) is 4.79 Å². The molecule has 3 nitrogen and oxygen atoms in total. The van der Waals surface area contributed by atoms with E-state index in [-0.39, 0.29) is 12.5 Å². The quantitative estimate of drug-likeness (QED) is 0.391. The van der Waals surface area contributed by atoms with Crippen LogP contribution >= 0.6 is 45.9 Å². The van der Waals surface area contributed by atoms with Crippen LogP contribution in [0.4, 0.5) is 0 Å². The van der Waals surface area contributed by atoms with Crippen molar-refractivity contribution in [2.75, 3.05) is 0 Å². The number of carbonyl (C=O) groups is 1. The Morgan fingerprint density at radius 1 is 1.12 bits per heavy atom. The molecule has 2 aromatic carbocycles. The van der Waals surface area contributed by atoms with Gasteiger partial charge < -0.3 is 4.57 Å². The maximum absolute atomic E-state index is 12.8. The molecule has 4 rings (SSSR count). The molecule has 0 aliphatic heterocycles. The van der Waals surface area contributed by atoms with Crippen molar-refractivity contribution in [1.29, 1.82) is 0 Å². The first-order valence-electron chi connectivity index (χ1n) is 7.57. The average Bonchev–Trinajstić information content (AvgIpc) is 3.15. The number of benzene rings is 2. The largest absolute Gasteiger partial charge is 0.303 e. The molecule has 0 aliphatic carbocycles. The normalized spacial score (nSPS) is 12.0. The molecule has 2 aromatic heterocycles. The van der Waals surface area contributed by atoms with E-state index < -0.39 is 0 Å². The molecule has 0 fully saturated rings. The van der Waals surface area contributed by atoms with Crippen LogP contribution in [-0.2, 0) is 6.54 Å². The van der Waals surface area contributed by atoms with E-state index in [0.717, 1.165) is 20.3 Å². The van der Waals surface area contributed by atoms with Gasteiger partial charge in [0.2, 0.25) is 0 Å². The van der Waals surface area contributed by atoms with E-state index in [1.165, 1.54) is 22.7 Å². The lowest BCUT2D eigenvalue weighted by molar-refractivity contribution is 0.100. The zero-order chi connectivity index (χ0) is 18.3. The summed E-state index contributed by atoms with van der Waals surface area (Å²) in [5.41, 5.74) is 0.783. The number of thiophene rings is 1. The predicted octanol–water partition coefficient (Wildman–Crippen LogP) is 5.60. The Balaban J connectivity index is 1.91. The van der Waals surface area contributed by atoms with E-state index in [9.17, 15) is 4.79 Å². The van der Waals surface area contributed by atoms with Crippen molar-refractivity contribution in [3.63, 3.8) is 0 Å². The van der Waals surface area contributed by atoms with Crippen LogP contribution in [0.1, 0.15) is 9.67 Å². The zero-order valence-corrected chi connectivity index (χ0v) is 16.3. The summed E-state index contributed by atoms with van der Waals surface area (Å²) in [6.07, 6.45) is 5.49. The molecule has 7 heteroatoms. The molecule has 128 valence electrons. The van der Waals surface area contributed by atoms with Gasteiger partial charge in [0.05, 0.1) is 26.8 Å². The molecule has 1 amide bonds. The second-order valence-corrected chi connectivity index (χ2v) is 8.27. The average molecular weight is 417 g/mol. The number of hydrogen-bond donors (Lipinski definition) is 0. The summed E-state index contributed by atoms with van der Waals surface area (Å²) in [4.78, 5) is 18.0. The van der Waals surface area contributed by atoms with Crippen LogP contribution in [0.25, 0.3) is 20.3 Å². The third-order valence-electron chi connectivity index (χ3n) is 3.83. The first kappa shape index (κ1) is 17.3. The Hall–Kier alpha value is -2.10. The van der Waals surface area contributed by atoms with Gasteiger partial charge in [-0.05, 0) is 18.2 Å². The lowest BCUT2D eigenvalue weighted by Crippen LogP contribution is -2.16. The summed E-state index contributed by atoms with van der Waals surface area (Å²) in [5, 5.41) is 1.86. The second-order valence-electron chi connectivity index (χ2n) is 5.42. The smallest absolute Gasteiger partial charge is 0.291 e. The van der Waals surface area contributed by atoms with Crippen molar-refractivity contribution in [1.82, 2.24) is 4.57 Å². The van der Waals surface area contributed by atoms with Crippen molar-refractivity contribution >= 4 is 72.1 Å². The SMILES string of the molecule is C#CCn1c(=NC(=O)c2sc3ccccc3c2Cl)sc2cccc(Cl)c21. The Labute approximate surface area is 167 Å². The minimum absolute atomic E-state index is 0.274. The summed E-state index contributed by atoms with van der Waals surface area (Å²) >= 11 is 15.4. The number of hydrogen-bond acceptors (Lipinski definition) is 3. The number of fused-ring (bicyclic) bond motifs is 2. The van der Waals surface area contributed by atoms with Crippen molar-refractivity contribution in [3.8, 4) is 12.3 Å². The fourth-order valence-electron chi connectivity index (χ4n) is 2.70. The maximum Gasteiger partial charge on any atom is 0.291 e. The van der Waals surface area contributed by atoms with Crippen LogP contribution < -0.4 is 4.80 Å². The third-order valence-corrected chi connectivity index (χ3v) is 6.84. The van der Waals surface area contributed by atoms with Gasteiger partial charge in [0.25, 0.3) is 5.91 Å². The number of thiazole rings is 1. The minimum Gasteiger partial charge on any atom is -0.303 e. The molecule has 0 N–H and O–H groups in total. The summed E-state index contributed by atoms with van der Waals surface area (Å²) in [6.45, 7) is 0.274. The van der Waals surface area contributed by atoms with Gasteiger partial charge in [-0.25, -0.2) is 0 Å². The molecular weight excluding hydrogens is 407 g/mol. The topological polar surface area (TPSA) is 34.4 Å². The number of terminal acetylenes is 1. The van der Waals surface area contributed by atoms with Crippen molar-refractivity contribution in [2.24, 2.45) is 4.99 Å². The summed E-state index contributed by atoms with van der Waals surface area (Å²) in [7, 11) is 0. The number of halogens is 2. The summed E-state index contributed by atoms with van der Waals surface area (Å²) in [6, 6.07) is 13.2. The van der Waals surface area contributed by atoms with Crippen LogP contribution in [0, 0.1) is 12.3 Å². The fourth-order valence-corrected chi connectivity index (χ4v) is 5.48. The highest BCUT2D eigenvalue weighted by Gasteiger charge is 2.17. The van der Waals surface area contributed by atoms with Gasteiger partial charge in [-0.2, -0.15) is 4.99 Å². The second kappa shape index (κ2) is 6.90. The molecule has 0 radical (unpaired) electrons. The van der Waals surface area contributed by atoms with Gasteiger partial charge in [0.1, 0.15) is 4.88 Å². The number of nitrogens with zero attached hydrogens (tertiary/aromatic N) is 2. The molecule has 0 spiro atoms. The lowest BCUT2D eigenvalue weighted by Gasteiger charge is -2.01. The Bertz CT molecular complexity index is 1270. The standard InChI is InChI=1S/C19H10Cl2N2OS2/c1-2-10-23-16-12(20)7-5-9-14(16)26-19(23)22-18(24)17-15(21)11-6-3-4-8-13(11)25-17/h1,3-9H,10H2. The molecule has 0 saturated heterocycles. The lowest BCUT2D eigenvalue weighted by atomic mass is 10.2. The number of aromatic nitrogens is 1. The molecule has 0 aliphatic rings. The van der Waals surface area contributed by atoms with E-state index in [4.69, 9.17) is 29.6 Å². The molecule has 0 saturated carbocycles. The Kier molecular flexibility index (Phi) is 4.60. The first-order valence-corrected chi connectivity index (χ1v) is 9.96. The van der Waals surface area contributed by atoms with Gasteiger partial charge in [-0.1, -0.05) is 64.7 Å². The van der Waals surface area contributed by atoms with E-state index in [2.05, 4.69) is 10.9 Å². The fraction of sp³-hybridized carbons (Fsp3) is 0.0526. The minimum atomic E-state index is -0.385. The molecule has 0 bridgehead atoms. The van der Waals surface area contributed by atoms with Gasteiger partial charge in [0.15, 0.2) is 4.80 Å². The van der Waals surface area contributed by atoms with E-state index in [0.29, 0.717) is 19.7 Å². The molecule has 26 heavy (non-hydrogen) atoms. The highest BCUT2D eigenvalue weighted by atomic mass is 35.5. The highest BCUT2D eigenvalue weighted by Crippen LogP contribution is 2.35. The van der Waals surface area contributed by atoms with Crippen LogP contribution in [0.2, 0.25) is 10.0 Å². The highest BCUT2D eigenvalue weighted by molar-refractivity contribution is 7.21. The first-order chi connectivity index (χ1) is 12.6. The number of amides is 1. The molecule has 0 atom stereocenters. The summed E-state index contributed by atoms with van der Waals surface area (Å²) < 4.78 is 3.65. The van der Waals surface area contributed by atoms with Gasteiger partial charge >= 0.3 is 0 Å². The monoisotopic (exact) mass is 416 g/mol. The van der Waals surface area contributed by atoms with Crippen molar-refractivity contribution < 1.29 is 4.79 Å². The Morgan fingerprint density at radius 2 is 1.88 bits per heavy atom. The maximum atomic E-state index is 12.8. The van der Waals surface area contributed by atoms with Crippen LogP contribution in [0.3, 0.4) is 0 Å². The van der Waals surface area contributed by atoms with E-state index >= 15 is 0 Å². The van der Waals surface area contributed by atoms with Gasteiger partial charge in [-0.15, -0.1) is 17.8 Å². The van der Waals surface area contributed by atoms with Crippen molar-refractivity contribution in [3.05, 3.63) is 62.2 Å². The molecule has 0 unspecified atom stereocenters. The van der Waals surface area contributed by atoms with Crippen molar-refractivity contribution in [2.45, 2.75) is 6.54 Å². The Morgan fingerprint density at radius 3 is 2.65 bits per heavy atom. The number of carbonyl (C=O) groups excluding carboxylic acids is 1.